The van der Waals surface area contributed by atoms with Gasteiger partial charge in [0, 0.05) is 0 Å². The van der Waals surface area contributed by atoms with Crippen molar-refractivity contribution in [1.29, 1.82) is 0 Å². The van der Waals surface area contributed by atoms with Gasteiger partial charge in [0.1, 0.15) is 11.9 Å². The number of aliphatic hydroxyl groups excluding tert-OH is 1. The number of hydrogen-bond donors (Lipinski definition) is 1. The molecule has 0 saturated heterocycles. The number of hydrogen-bond acceptors (Lipinski definition) is 2. The van der Waals surface area contributed by atoms with Gasteiger partial charge in [-0.2, -0.15) is 0 Å². The lowest BCUT2D eigenvalue weighted by Gasteiger charge is -2.25. The number of fused-ring (bicyclic) bond motifs is 1. The zero-order valence-electron chi connectivity index (χ0n) is 7.16. The summed E-state index contributed by atoms with van der Waals surface area (Å²) >= 11 is 2.26. The number of ether oxygens (including phenoxy) is 1. The van der Waals surface area contributed by atoms with Crippen molar-refractivity contribution < 1.29 is 9.84 Å². The molecule has 0 fully saturated rings. The Kier molecular flexibility index (Phi) is 2.74. The quantitative estimate of drug-likeness (QED) is 0.801. The molecule has 0 spiro atoms. The first kappa shape index (κ1) is 9.27. The van der Waals surface area contributed by atoms with Gasteiger partial charge >= 0.3 is 0 Å². The third-order valence-corrected chi connectivity index (χ3v) is 3.12. The zero-order chi connectivity index (χ0) is 9.26. The summed E-state index contributed by atoms with van der Waals surface area (Å²) in [6.45, 7) is 0.115. The highest BCUT2D eigenvalue weighted by molar-refractivity contribution is 14.1. The van der Waals surface area contributed by atoms with Crippen LogP contribution in [-0.2, 0) is 6.42 Å². The Bertz CT molecular complexity index is 312. The van der Waals surface area contributed by atoms with Crippen LogP contribution in [0.4, 0.5) is 0 Å². The molecule has 0 radical (unpaired) electrons. The first-order valence-electron chi connectivity index (χ1n) is 4.36. The van der Waals surface area contributed by atoms with Crippen LogP contribution in [-0.4, -0.2) is 17.8 Å². The molecule has 3 heteroatoms. The third kappa shape index (κ3) is 1.81. The van der Waals surface area contributed by atoms with Crippen molar-refractivity contribution in [3.63, 3.8) is 0 Å². The molecule has 0 aromatic heterocycles. The maximum absolute atomic E-state index is 8.98. The van der Waals surface area contributed by atoms with Crippen LogP contribution >= 0.6 is 22.6 Å². The van der Waals surface area contributed by atoms with Crippen molar-refractivity contribution in [3.8, 4) is 5.75 Å². The highest BCUT2D eigenvalue weighted by Gasteiger charge is 2.20. The Hall–Kier alpha value is -0.290. The number of aryl methyl sites for hydroxylation is 1. The molecule has 1 atom stereocenters. The minimum Gasteiger partial charge on any atom is -0.487 e. The van der Waals surface area contributed by atoms with Crippen molar-refractivity contribution in [2.45, 2.75) is 18.9 Å². The Morgan fingerprint density at radius 1 is 1.54 bits per heavy atom. The molecular formula is C10H11IO2. The second kappa shape index (κ2) is 3.84. The molecule has 1 heterocycles. The fourth-order valence-electron chi connectivity index (χ4n) is 1.55. The number of halogens is 1. The van der Waals surface area contributed by atoms with E-state index in [1.807, 2.05) is 12.1 Å². The highest BCUT2D eigenvalue weighted by Crippen LogP contribution is 2.31. The van der Waals surface area contributed by atoms with Crippen LogP contribution in [0.5, 0.6) is 5.75 Å². The second-order valence-electron chi connectivity index (χ2n) is 3.19. The molecule has 13 heavy (non-hydrogen) atoms. The van der Waals surface area contributed by atoms with E-state index in [0.29, 0.717) is 0 Å². The van der Waals surface area contributed by atoms with Crippen LogP contribution in [0.1, 0.15) is 12.0 Å². The third-order valence-electron chi connectivity index (χ3n) is 2.27. The van der Waals surface area contributed by atoms with Crippen LogP contribution in [0.15, 0.2) is 18.2 Å². The topological polar surface area (TPSA) is 29.5 Å². The van der Waals surface area contributed by atoms with Crippen molar-refractivity contribution in [1.82, 2.24) is 0 Å². The lowest BCUT2D eigenvalue weighted by molar-refractivity contribution is 0.0969. The molecule has 70 valence electrons. The standard InChI is InChI=1S/C10H11IO2/c11-9-3-1-2-7-4-5-8(6-12)13-10(7)9/h1-3,8,12H,4-6H2/t8-/m1/s1. The molecule has 1 N–H and O–H groups in total. The molecule has 0 unspecified atom stereocenters. The molecule has 0 amide bonds. The first-order chi connectivity index (χ1) is 6.31. The molecule has 0 saturated carbocycles. The van der Waals surface area contributed by atoms with Crippen LogP contribution in [0.2, 0.25) is 0 Å². The second-order valence-corrected chi connectivity index (χ2v) is 4.35. The van der Waals surface area contributed by atoms with E-state index in [1.54, 1.807) is 0 Å². The van der Waals surface area contributed by atoms with Gasteiger partial charge in [0.15, 0.2) is 0 Å². The number of para-hydroxylation sites is 1. The molecule has 0 aliphatic carbocycles. The molecule has 2 nitrogen and oxygen atoms in total. The zero-order valence-corrected chi connectivity index (χ0v) is 9.32. The van der Waals surface area contributed by atoms with Gasteiger partial charge in [0.2, 0.25) is 0 Å². The molecule has 1 aromatic rings. The smallest absolute Gasteiger partial charge is 0.136 e. The average molecular weight is 290 g/mol. The summed E-state index contributed by atoms with van der Waals surface area (Å²) in [7, 11) is 0. The summed E-state index contributed by atoms with van der Waals surface area (Å²) in [6.07, 6.45) is 1.92. The van der Waals surface area contributed by atoms with Gasteiger partial charge in [-0.3, -0.25) is 0 Å². The molecular weight excluding hydrogens is 279 g/mol. The maximum atomic E-state index is 8.98. The molecule has 1 aliphatic heterocycles. The van der Waals surface area contributed by atoms with E-state index in [1.165, 1.54) is 5.56 Å². The minimum atomic E-state index is -0.0107. The molecule has 2 rings (SSSR count). The summed E-state index contributed by atoms with van der Waals surface area (Å²) in [5, 5.41) is 8.98. The van der Waals surface area contributed by atoms with Crippen molar-refractivity contribution in [2.24, 2.45) is 0 Å². The van der Waals surface area contributed by atoms with Crippen molar-refractivity contribution in [3.05, 3.63) is 27.3 Å². The fraction of sp³-hybridized carbons (Fsp3) is 0.400. The van der Waals surface area contributed by atoms with E-state index in [4.69, 9.17) is 9.84 Å². The maximum Gasteiger partial charge on any atom is 0.136 e. The number of benzene rings is 1. The van der Waals surface area contributed by atoms with E-state index in [0.717, 1.165) is 22.2 Å². The van der Waals surface area contributed by atoms with Gasteiger partial charge in [0.25, 0.3) is 0 Å². The largest absolute Gasteiger partial charge is 0.487 e. The highest BCUT2D eigenvalue weighted by atomic mass is 127. The molecule has 0 bridgehead atoms. The fourth-order valence-corrected chi connectivity index (χ4v) is 2.23. The van der Waals surface area contributed by atoms with Crippen LogP contribution in [0, 0.1) is 3.57 Å². The first-order valence-corrected chi connectivity index (χ1v) is 5.44. The van der Waals surface area contributed by atoms with Gasteiger partial charge in [-0.25, -0.2) is 0 Å². The van der Waals surface area contributed by atoms with E-state index in [2.05, 4.69) is 28.7 Å². The lowest BCUT2D eigenvalue weighted by Crippen LogP contribution is -2.26. The Labute approximate surface area is 91.1 Å². The van der Waals surface area contributed by atoms with E-state index in [9.17, 15) is 0 Å². The summed E-state index contributed by atoms with van der Waals surface area (Å²) in [6, 6.07) is 6.16. The average Bonchev–Trinajstić information content (AvgIpc) is 2.18. The number of rotatable bonds is 1. The monoisotopic (exact) mass is 290 g/mol. The normalized spacial score (nSPS) is 20.6. The summed E-state index contributed by atoms with van der Waals surface area (Å²) in [4.78, 5) is 0. The van der Waals surface area contributed by atoms with E-state index >= 15 is 0 Å². The Morgan fingerprint density at radius 2 is 2.38 bits per heavy atom. The summed E-state index contributed by atoms with van der Waals surface area (Å²) in [5.41, 5.74) is 1.26. The van der Waals surface area contributed by atoms with Crippen LogP contribution in [0.3, 0.4) is 0 Å². The van der Waals surface area contributed by atoms with Gasteiger partial charge in [0.05, 0.1) is 10.2 Å². The van der Waals surface area contributed by atoms with Crippen LogP contribution in [0.25, 0.3) is 0 Å². The molecule has 1 aliphatic rings. The summed E-state index contributed by atoms with van der Waals surface area (Å²) in [5.74, 6) is 0.966. The molecule has 1 aromatic carbocycles. The predicted octanol–water partition coefficient (Wildman–Crippen LogP) is 1.98. The van der Waals surface area contributed by atoms with E-state index in [-0.39, 0.29) is 12.7 Å². The summed E-state index contributed by atoms with van der Waals surface area (Å²) < 4.78 is 6.79. The van der Waals surface area contributed by atoms with Gasteiger partial charge in [-0.1, -0.05) is 12.1 Å². The SMILES string of the molecule is OC[C@H]1CCc2cccc(I)c2O1. The minimum absolute atomic E-state index is 0.0107. The van der Waals surface area contributed by atoms with Gasteiger partial charge in [-0.05, 0) is 47.1 Å². The van der Waals surface area contributed by atoms with E-state index < -0.39 is 0 Å². The van der Waals surface area contributed by atoms with Crippen molar-refractivity contribution in [2.75, 3.05) is 6.61 Å². The Balaban J connectivity index is 2.32. The number of aliphatic hydroxyl groups is 1. The lowest BCUT2D eigenvalue weighted by atomic mass is 10.0. The van der Waals surface area contributed by atoms with Gasteiger partial charge in [-0.15, -0.1) is 0 Å². The van der Waals surface area contributed by atoms with Gasteiger partial charge < -0.3 is 9.84 Å². The van der Waals surface area contributed by atoms with Crippen molar-refractivity contribution >= 4 is 22.6 Å². The predicted molar refractivity (Wildman–Crippen MR) is 59.0 cm³/mol. The Morgan fingerprint density at radius 3 is 3.15 bits per heavy atom. The van der Waals surface area contributed by atoms with Crippen LogP contribution < -0.4 is 4.74 Å².